The summed E-state index contributed by atoms with van der Waals surface area (Å²) in [6.07, 6.45) is 3.86. The number of aromatic nitrogens is 2. The minimum Gasteiger partial charge on any atom is -0.375 e. The Hall–Kier alpha value is -1.81. The topological polar surface area (TPSA) is 29.9 Å². The zero-order chi connectivity index (χ0) is 13.4. The molecule has 0 aliphatic carbocycles. The van der Waals surface area contributed by atoms with Crippen LogP contribution in [0.25, 0.3) is 10.1 Å². The highest BCUT2D eigenvalue weighted by atomic mass is 32.1. The molecular formula is C15H17N3S. The molecule has 2 aromatic heterocycles. The van der Waals surface area contributed by atoms with Gasteiger partial charge in [0.05, 0.1) is 17.9 Å². The minimum absolute atomic E-state index is 0.293. The second kappa shape index (κ2) is 4.70. The highest BCUT2D eigenvalue weighted by molar-refractivity contribution is 7.19. The van der Waals surface area contributed by atoms with Gasteiger partial charge < -0.3 is 5.32 Å². The molecule has 0 spiro atoms. The molecule has 4 heteroatoms. The predicted molar refractivity (Wildman–Crippen MR) is 81.8 cm³/mol. The number of anilines is 1. The third-order valence-corrected chi connectivity index (χ3v) is 4.82. The van der Waals surface area contributed by atoms with Gasteiger partial charge >= 0.3 is 0 Å². The van der Waals surface area contributed by atoms with E-state index in [2.05, 4.69) is 48.5 Å². The van der Waals surface area contributed by atoms with Crippen molar-refractivity contribution >= 4 is 27.1 Å². The molecule has 0 bridgehead atoms. The zero-order valence-corrected chi connectivity index (χ0v) is 12.2. The summed E-state index contributed by atoms with van der Waals surface area (Å²) in [7, 11) is 1.93. The molecule has 3 rings (SSSR count). The number of fused-ring (bicyclic) bond motifs is 1. The van der Waals surface area contributed by atoms with E-state index in [1.807, 2.05) is 35.5 Å². The Kier molecular flexibility index (Phi) is 3.03. The third kappa shape index (κ3) is 2.24. The van der Waals surface area contributed by atoms with Gasteiger partial charge in [0.15, 0.2) is 0 Å². The molecule has 0 aliphatic heterocycles. The number of aryl methyl sites for hydroxylation is 2. The molecule has 1 N–H and O–H groups in total. The number of hydrogen-bond donors (Lipinski definition) is 1. The van der Waals surface area contributed by atoms with Crippen LogP contribution in [0.5, 0.6) is 0 Å². The molecule has 0 saturated carbocycles. The predicted octanol–water partition coefficient (Wildman–Crippen LogP) is 4.12. The molecule has 0 saturated heterocycles. The average molecular weight is 271 g/mol. The van der Waals surface area contributed by atoms with Gasteiger partial charge in [-0.25, -0.2) is 0 Å². The van der Waals surface area contributed by atoms with Gasteiger partial charge in [-0.3, -0.25) is 4.68 Å². The van der Waals surface area contributed by atoms with Crippen LogP contribution in [-0.2, 0) is 7.05 Å². The van der Waals surface area contributed by atoms with Crippen molar-refractivity contribution in [2.75, 3.05) is 5.32 Å². The van der Waals surface area contributed by atoms with Gasteiger partial charge in [-0.2, -0.15) is 5.10 Å². The van der Waals surface area contributed by atoms with Crippen molar-refractivity contribution in [1.29, 1.82) is 0 Å². The van der Waals surface area contributed by atoms with E-state index >= 15 is 0 Å². The largest absolute Gasteiger partial charge is 0.375 e. The van der Waals surface area contributed by atoms with Crippen LogP contribution >= 0.6 is 11.3 Å². The second-order valence-electron chi connectivity index (χ2n) is 4.86. The number of nitrogens with zero attached hydrogens (tertiary/aromatic N) is 2. The molecule has 3 aromatic rings. The Labute approximate surface area is 116 Å². The molecule has 0 radical (unpaired) electrons. The van der Waals surface area contributed by atoms with E-state index in [4.69, 9.17) is 0 Å². The monoisotopic (exact) mass is 271 g/mol. The fourth-order valence-corrected chi connectivity index (χ4v) is 3.63. The number of thiophene rings is 1. The van der Waals surface area contributed by atoms with Crippen molar-refractivity contribution in [2.45, 2.75) is 19.9 Å². The van der Waals surface area contributed by atoms with Crippen LogP contribution in [-0.4, -0.2) is 9.78 Å². The number of hydrogen-bond acceptors (Lipinski definition) is 3. The van der Waals surface area contributed by atoms with E-state index < -0.39 is 0 Å². The summed E-state index contributed by atoms with van der Waals surface area (Å²) in [6, 6.07) is 8.88. The molecule has 98 valence electrons. The van der Waals surface area contributed by atoms with Gasteiger partial charge in [-0.05, 0) is 30.9 Å². The van der Waals surface area contributed by atoms with E-state index in [1.54, 1.807) is 0 Å². The fraction of sp³-hybridized carbons (Fsp3) is 0.267. The molecular weight excluding hydrogens is 254 g/mol. The van der Waals surface area contributed by atoms with Gasteiger partial charge in [0, 0.05) is 22.8 Å². The van der Waals surface area contributed by atoms with Crippen LogP contribution in [0.3, 0.4) is 0 Å². The summed E-state index contributed by atoms with van der Waals surface area (Å²) in [5.74, 6) is 0. The Morgan fingerprint density at radius 1 is 1.32 bits per heavy atom. The Balaban J connectivity index is 1.93. The lowest BCUT2D eigenvalue weighted by Crippen LogP contribution is -2.05. The van der Waals surface area contributed by atoms with Crippen LogP contribution in [0.1, 0.15) is 23.4 Å². The molecule has 0 fully saturated rings. The summed E-state index contributed by atoms with van der Waals surface area (Å²) in [6.45, 7) is 4.40. The fourth-order valence-electron chi connectivity index (χ4n) is 2.42. The van der Waals surface area contributed by atoms with Crippen LogP contribution in [0.4, 0.5) is 5.69 Å². The van der Waals surface area contributed by atoms with E-state index in [0.29, 0.717) is 6.04 Å². The number of nitrogens with one attached hydrogen (secondary N) is 1. The number of benzene rings is 1. The molecule has 0 aliphatic rings. The maximum absolute atomic E-state index is 4.19. The number of rotatable bonds is 3. The van der Waals surface area contributed by atoms with Crippen LogP contribution < -0.4 is 5.32 Å². The normalized spacial score (nSPS) is 12.8. The summed E-state index contributed by atoms with van der Waals surface area (Å²) in [5.41, 5.74) is 2.44. The van der Waals surface area contributed by atoms with E-state index in [9.17, 15) is 0 Å². The molecule has 19 heavy (non-hydrogen) atoms. The lowest BCUT2D eigenvalue weighted by atomic mass is 10.1. The van der Waals surface area contributed by atoms with Crippen molar-refractivity contribution in [3.8, 4) is 0 Å². The highest BCUT2D eigenvalue weighted by Crippen LogP contribution is 2.35. The standard InChI is InChI=1S/C15H17N3S/c1-10-13-6-4-5-7-14(13)19-15(10)11(2)17-12-8-16-18(3)9-12/h4-9,11,17H,1-3H3. The first-order valence-corrected chi connectivity index (χ1v) is 7.20. The quantitative estimate of drug-likeness (QED) is 0.776. The molecule has 1 atom stereocenters. The van der Waals surface area contributed by atoms with Crippen molar-refractivity contribution in [2.24, 2.45) is 7.05 Å². The van der Waals surface area contributed by atoms with Gasteiger partial charge in [-0.1, -0.05) is 18.2 Å². The maximum atomic E-state index is 4.19. The average Bonchev–Trinajstić information content (AvgIpc) is 2.94. The van der Waals surface area contributed by atoms with Crippen molar-refractivity contribution < 1.29 is 0 Å². The van der Waals surface area contributed by atoms with Crippen LogP contribution in [0.2, 0.25) is 0 Å². The molecule has 1 unspecified atom stereocenters. The smallest absolute Gasteiger partial charge is 0.0731 e. The molecule has 2 heterocycles. The first-order chi connectivity index (χ1) is 9.15. The third-order valence-electron chi connectivity index (χ3n) is 3.36. The first-order valence-electron chi connectivity index (χ1n) is 6.38. The minimum atomic E-state index is 0.293. The second-order valence-corrected chi connectivity index (χ2v) is 5.94. The summed E-state index contributed by atoms with van der Waals surface area (Å²) in [4.78, 5) is 1.39. The summed E-state index contributed by atoms with van der Waals surface area (Å²) >= 11 is 1.87. The lowest BCUT2D eigenvalue weighted by Gasteiger charge is -2.13. The molecule has 1 aromatic carbocycles. The Bertz CT molecular complexity index is 711. The zero-order valence-electron chi connectivity index (χ0n) is 11.3. The summed E-state index contributed by atoms with van der Waals surface area (Å²) < 4.78 is 3.17. The SMILES string of the molecule is Cc1c(C(C)Nc2cnn(C)c2)sc2ccccc12. The van der Waals surface area contributed by atoms with Crippen molar-refractivity contribution in [3.63, 3.8) is 0 Å². The lowest BCUT2D eigenvalue weighted by molar-refractivity contribution is 0.767. The molecule has 3 nitrogen and oxygen atoms in total. The van der Waals surface area contributed by atoms with Crippen molar-refractivity contribution in [1.82, 2.24) is 9.78 Å². The van der Waals surface area contributed by atoms with Crippen LogP contribution in [0.15, 0.2) is 36.7 Å². The first kappa shape index (κ1) is 12.2. The van der Waals surface area contributed by atoms with E-state index in [-0.39, 0.29) is 0 Å². The Morgan fingerprint density at radius 2 is 2.11 bits per heavy atom. The van der Waals surface area contributed by atoms with E-state index in [1.165, 1.54) is 20.5 Å². The van der Waals surface area contributed by atoms with E-state index in [0.717, 1.165) is 5.69 Å². The van der Waals surface area contributed by atoms with Gasteiger partial charge in [0.1, 0.15) is 0 Å². The Morgan fingerprint density at radius 3 is 2.79 bits per heavy atom. The summed E-state index contributed by atoms with van der Waals surface area (Å²) in [5, 5.41) is 9.06. The van der Waals surface area contributed by atoms with Crippen molar-refractivity contribution in [3.05, 3.63) is 47.1 Å². The van der Waals surface area contributed by atoms with Gasteiger partial charge in [-0.15, -0.1) is 11.3 Å². The maximum Gasteiger partial charge on any atom is 0.0731 e. The van der Waals surface area contributed by atoms with Crippen LogP contribution in [0, 0.1) is 6.92 Å². The van der Waals surface area contributed by atoms with Gasteiger partial charge in [0.2, 0.25) is 0 Å². The molecule has 0 amide bonds. The highest BCUT2D eigenvalue weighted by Gasteiger charge is 2.14. The van der Waals surface area contributed by atoms with Gasteiger partial charge in [0.25, 0.3) is 0 Å².